The van der Waals surface area contributed by atoms with Gasteiger partial charge in [-0.2, -0.15) is 5.10 Å². The molecule has 0 atom stereocenters. The van der Waals surface area contributed by atoms with Gasteiger partial charge in [-0.1, -0.05) is 11.6 Å². The van der Waals surface area contributed by atoms with Crippen molar-refractivity contribution in [2.45, 2.75) is 6.61 Å². The maximum absolute atomic E-state index is 5.85. The first kappa shape index (κ1) is 16.6. The Hall–Kier alpha value is -2.73. The van der Waals surface area contributed by atoms with Crippen molar-refractivity contribution in [2.75, 3.05) is 7.11 Å². The predicted molar refractivity (Wildman–Crippen MR) is 92.2 cm³/mol. The smallest absolute Gasteiger partial charge is 0.211 e. The molecule has 0 heterocycles. The van der Waals surface area contributed by atoms with Gasteiger partial charge in [-0.15, -0.1) is 5.10 Å². The molecule has 0 unspecified atom stereocenters. The lowest BCUT2D eigenvalue weighted by Gasteiger charge is -2.11. The van der Waals surface area contributed by atoms with Crippen molar-refractivity contribution in [2.24, 2.45) is 21.7 Å². The molecule has 0 aliphatic heterocycles. The molecule has 2 aromatic carbocycles. The van der Waals surface area contributed by atoms with Crippen molar-refractivity contribution in [3.8, 4) is 11.5 Å². The van der Waals surface area contributed by atoms with Gasteiger partial charge in [0, 0.05) is 10.6 Å². The van der Waals surface area contributed by atoms with Gasteiger partial charge in [-0.25, -0.2) is 0 Å². The molecule has 0 aliphatic carbocycles. The highest BCUT2D eigenvalue weighted by molar-refractivity contribution is 6.30. The van der Waals surface area contributed by atoms with Crippen LogP contribution in [0.3, 0.4) is 0 Å². The van der Waals surface area contributed by atoms with Gasteiger partial charge in [-0.05, 0) is 48.0 Å². The molecule has 2 rings (SSSR count). The molecule has 2 aromatic rings. The van der Waals surface area contributed by atoms with Crippen LogP contribution in [0.2, 0.25) is 5.02 Å². The predicted octanol–water partition coefficient (Wildman–Crippen LogP) is 2.53. The first-order chi connectivity index (χ1) is 11.1. The number of nitrogens with zero attached hydrogens (tertiary/aromatic N) is 2. The first-order valence-corrected chi connectivity index (χ1v) is 7.13. The zero-order valence-electron chi connectivity index (χ0n) is 12.6. The van der Waals surface area contributed by atoms with Crippen LogP contribution in [0.15, 0.2) is 52.7 Å². The average molecular weight is 333 g/mol. The van der Waals surface area contributed by atoms with Crippen LogP contribution in [0.4, 0.5) is 0 Å². The molecule has 0 bridgehead atoms. The van der Waals surface area contributed by atoms with E-state index in [0.717, 1.165) is 22.6 Å². The van der Waals surface area contributed by atoms with Crippen LogP contribution in [-0.4, -0.2) is 19.3 Å². The van der Waals surface area contributed by atoms with E-state index in [2.05, 4.69) is 10.2 Å². The maximum atomic E-state index is 5.85. The van der Waals surface area contributed by atoms with Crippen LogP contribution >= 0.6 is 11.6 Å². The zero-order chi connectivity index (χ0) is 16.7. The Balaban J connectivity index is 2.13. The molecule has 0 saturated heterocycles. The molecule has 23 heavy (non-hydrogen) atoms. The molecule has 6 nitrogen and oxygen atoms in total. The number of halogens is 1. The first-order valence-electron chi connectivity index (χ1n) is 6.75. The zero-order valence-corrected chi connectivity index (χ0v) is 13.3. The molecule has 0 spiro atoms. The second-order valence-electron chi connectivity index (χ2n) is 4.58. The largest absolute Gasteiger partial charge is 0.496 e. The normalized spacial score (nSPS) is 10.5. The van der Waals surface area contributed by atoms with Crippen molar-refractivity contribution in [1.82, 2.24) is 0 Å². The summed E-state index contributed by atoms with van der Waals surface area (Å²) >= 11 is 5.85. The van der Waals surface area contributed by atoms with E-state index in [1.54, 1.807) is 37.6 Å². The summed E-state index contributed by atoms with van der Waals surface area (Å²) in [6.07, 6.45) is 1.55. The Kier molecular flexibility index (Phi) is 5.82. The van der Waals surface area contributed by atoms with E-state index in [1.165, 1.54) is 0 Å². The van der Waals surface area contributed by atoms with Gasteiger partial charge in [-0.3, -0.25) is 0 Å². The summed E-state index contributed by atoms with van der Waals surface area (Å²) in [7, 11) is 1.61. The molecular formula is C16H17ClN4O2. The van der Waals surface area contributed by atoms with E-state index >= 15 is 0 Å². The lowest BCUT2D eigenvalue weighted by Crippen LogP contribution is -2.21. The number of methoxy groups -OCH3 is 1. The Labute approximate surface area is 139 Å². The Morgan fingerprint density at radius 1 is 1.17 bits per heavy atom. The number of nitrogens with two attached hydrogens (primary N) is 2. The fourth-order valence-corrected chi connectivity index (χ4v) is 1.97. The third-order valence-corrected chi connectivity index (χ3v) is 3.14. The fraction of sp³-hybridized carbons (Fsp3) is 0.125. The Bertz CT molecular complexity index is 711. The third kappa shape index (κ3) is 5.19. The topological polar surface area (TPSA) is 95.2 Å². The number of hydrogen-bond donors (Lipinski definition) is 2. The van der Waals surface area contributed by atoms with Gasteiger partial charge < -0.3 is 20.9 Å². The van der Waals surface area contributed by atoms with Crippen molar-refractivity contribution in [3.63, 3.8) is 0 Å². The van der Waals surface area contributed by atoms with E-state index in [0.29, 0.717) is 11.6 Å². The monoisotopic (exact) mass is 332 g/mol. The molecule has 4 N–H and O–H groups in total. The van der Waals surface area contributed by atoms with Crippen molar-refractivity contribution < 1.29 is 9.47 Å². The molecule has 0 radical (unpaired) electrons. The molecule has 7 heteroatoms. The highest BCUT2D eigenvalue weighted by Gasteiger charge is 2.05. The summed E-state index contributed by atoms with van der Waals surface area (Å²) < 4.78 is 11.1. The Morgan fingerprint density at radius 3 is 2.57 bits per heavy atom. The molecule has 0 aliphatic rings. The van der Waals surface area contributed by atoms with Crippen LogP contribution in [0.25, 0.3) is 0 Å². The summed E-state index contributed by atoms with van der Waals surface area (Å²) in [5.74, 6) is 1.34. The minimum Gasteiger partial charge on any atom is -0.496 e. The van der Waals surface area contributed by atoms with Crippen molar-refractivity contribution >= 4 is 23.8 Å². The van der Waals surface area contributed by atoms with Crippen molar-refractivity contribution in [1.29, 1.82) is 0 Å². The molecule has 0 saturated carbocycles. The summed E-state index contributed by atoms with van der Waals surface area (Å²) in [5.41, 5.74) is 12.1. The Morgan fingerprint density at radius 2 is 1.91 bits per heavy atom. The highest BCUT2D eigenvalue weighted by atomic mass is 35.5. The summed E-state index contributed by atoms with van der Waals surface area (Å²) in [5, 5.41) is 8.00. The van der Waals surface area contributed by atoms with Crippen molar-refractivity contribution in [3.05, 3.63) is 58.6 Å². The third-order valence-electron chi connectivity index (χ3n) is 2.89. The molecule has 120 valence electrons. The van der Waals surface area contributed by atoms with E-state index < -0.39 is 0 Å². The SMILES string of the molecule is COc1ccc(C=NN=C(N)N)cc1COc1ccc(Cl)cc1. The minimum atomic E-state index is -0.0962. The highest BCUT2D eigenvalue weighted by Crippen LogP contribution is 2.22. The molecule has 0 fully saturated rings. The lowest BCUT2D eigenvalue weighted by atomic mass is 10.1. The van der Waals surface area contributed by atoms with Crippen LogP contribution in [-0.2, 0) is 6.61 Å². The van der Waals surface area contributed by atoms with Gasteiger partial charge in [0.25, 0.3) is 0 Å². The van der Waals surface area contributed by atoms with Crippen LogP contribution in [0.1, 0.15) is 11.1 Å². The average Bonchev–Trinajstić information content (AvgIpc) is 2.54. The van der Waals surface area contributed by atoms with E-state index in [9.17, 15) is 0 Å². The standard InChI is InChI=1S/C16H17ClN4O2/c1-22-15-7-2-11(9-20-21-16(18)19)8-12(15)10-23-14-5-3-13(17)4-6-14/h2-9H,10H2,1H3,(H4,18,19,21). The van der Waals surface area contributed by atoms with Gasteiger partial charge in [0.05, 0.1) is 13.3 Å². The van der Waals surface area contributed by atoms with Gasteiger partial charge in [0.15, 0.2) is 0 Å². The lowest BCUT2D eigenvalue weighted by molar-refractivity contribution is 0.296. The molecule has 0 amide bonds. The molecular weight excluding hydrogens is 316 g/mol. The maximum Gasteiger partial charge on any atom is 0.211 e. The van der Waals surface area contributed by atoms with Crippen LogP contribution < -0.4 is 20.9 Å². The summed E-state index contributed by atoms with van der Waals surface area (Å²) in [6, 6.07) is 12.7. The van der Waals surface area contributed by atoms with Gasteiger partial charge in [0.2, 0.25) is 5.96 Å². The number of rotatable bonds is 6. The number of benzene rings is 2. The van der Waals surface area contributed by atoms with E-state index in [1.807, 2.05) is 18.2 Å². The van der Waals surface area contributed by atoms with E-state index in [4.69, 9.17) is 32.5 Å². The second kappa shape index (κ2) is 8.05. The fourth-order valence-electron chi connectivity index (χ4n) is 1.85. The summed E-state index contributed by atoms with van der Waals surface area (Å²) in [4.78, 5) is 0. The summed E-state index contributed by atoms with van der Waals surface area (Å²) in [6.45, 7) is 0.342. The number of guanidine groups is 1. The van der Waals surface area contributed by atoms with Crippen LogP contribution in [0.5, 0.6) is 11.5 Å². The van der Waals surface area contributed by atoms with E-state index in [-0.39, 0.29) is 5.96 Å². The van der Waals surface area contributed by atoms with Crippen LogP contribution in [0, 0.1) is 0 Å². The quantitative estimate of drug-likeness (QED) is 0.482. The minimum absolute atomic E-state index is 0.0962. The van der Waals surface area contributed by atoms with Gasteiger partial charge >= 0.3 is 0 Å². The second-order valence-corrected chi connectivity index (χ2v) is 5.02. The number of hydrogen-bond acceptors (Lipinski definition) is 4. The number of ether oxygens (including phenoxy) is 2. The molecule has 0 aromatic heterocycles. The van der Waals surface area contributed by atoms with Gasteiger partial charge in [0.1, 0.15) is 18.1 Å².